The van der Waals surface area contributed by atoms with E-state index < -0.39 is 5.92 Å². The smallest absolute Gasteiger partial charge is 0.262 e. The maximum atomic E-state index is 12.6. The van der Waals surface area contributed by atoms with Crippen LogP contribution in [-0.4, -0.2) is 30.5 Å². The van der Waals surface area contributed by atoms with Gasteiger partial charge in [-0.1, -0.05) is 6.92 Å². The Balaban J connectivity index is 2.52. The number of alkyl halides is 2. The Labute approximate surface area is 60.0 Å². The van der Waals surface area contributed by atoms with E-state index in [1.54, 1.807) is 11.9 Å². The van der Waals surface area contributed by atoms with Crippen LogP contribution in [0.25, 0.3) is 0 Å². The highest BCUT2D eigenvalue weighted by molar-refractivity contribution is 4.87. The molecule has 60 valence electrons. The minimum Gasteiger partial charge on any atom is -0.297 e. The lowest BCUT2D eigenvalue weighted by atomic mass is 10.1. The molecule has 1 atom stereocenters. The quantitative estimate of drug-likeness (QED) is 0.549. The molecule has 0 amide bonds. The van der Waals surface area contributed by atoms with Gasteiger partial charge in [-0.15, -0.1) is 0 Å². The minimum atomic E-state index is -2.44. The molecule has 1 fully saturated rings. The molecule has 1 aliphatic rings. The molecule has 0 radical (unpaired) electrons. The molecule has 0 saturated carbocycles. The van der Waals surface area contributed by atoms with Crippen molar-refractivity contribution >= 4 is 0 Å². The molecule has 0 aromatic rings. The van der Waals surface area contributed by atoms with Gasteiger partial charge < -0.3 is 0 Å². The van der Waals surface area contributed by atoms with Crippen LogP contribution in [0.3, 0.4) is 0 Å². The molecule has 1 nitrogen and oxygen atoms in total. The molecule has 1 heterocycles. The van der Waals surface area contributed by atoms with Gasteiger partial charge in [0.1, 0.15) is 0 Å². The molecule has 0 unspecified atom stereocenters. The maximum absolute atomic E-state index is 12.6. The molecule has 0 aromatic carbocycles. The Bertz CT molecular complexity index is 125. The molecular weight excluding hydrogens is 136 g/mol. The summed E-state index contributed by atoms with van der Waals surface area (Å²) < 4.78 is 25.2. The van der Waals surface area contributed by atoms with Crippen LogP contribution in [0.4, 0.5) is 8.78 Å². The molecule has 10 heavy (non-hydrogen) atoms. The highest BCUT2D eigenvalue weighted by Crippen LogP contribution is 2.31. The summed E-state index contributed by atoms with van der Waals surface area (Å²) in [4.78, 5) is 1.74. The van der Waals surface area contributed by atoms with E-state index in [1.165, 1.54) is 0 Å². The summed E-state index contributed by atoms with van der Waals surface area (Å²) in [5.74, 6) is -2.44. The molecular formula is C7H13F2N. The fourth-order valence-corrected chi connectivity index (χ4v) is 1.52. The number of halogens is 2. The van der Waals surface area contributed by atoms with Crippen molar-refractivity contribution in [3.8, 4) is 0 Å². The molecule has 1 rings (SSSR count). The van der Waals surface area contributed by atoms with E-state index in [-0.39, 0.29) is 19.0 Å². The second-order valence-corrected chi connectivity index (χ2v) is 3.04. The summed E-state index contributed by atoms with van der Waals surface area (Å²) in [5, 5.41) is 0. The van der Waals surface area contributed by atoms with Crippen LogP contribution in [0.5, 0.6) is 0 Å². The minimum absolute atomic E-state index is 0.0417. The largest absolute Gasteiger partial charge is 0.297 e. The Hall–Kier alpha value is -0.180. The van der Waals surface area contributed by atoms with Crippen molar-refractivity contribution in [2.45, 2.75) is 31.7 Å². The standard InChI is InChI=1S/C7H13F2N/c1-3-6-4-7(8,9)5-10(6)2/h6H,3-5H2,1-2H3/t6-/m1/s1. The average Bonchev–Trinajstić information content (AvgIpc) is 2.05. The van der Waals surface area contributed by atoms with Gasteiger partial charge in [-0.05, 0) is 13.5 Å². The van der Waals surface area contributed by atoms with Crippen molar-refractivity contribution in [3.05, 3.63) is 0 Å². The number of hydrogen-bond donors (Lipinski definition) is 0. The first-order valence-electron chi connectivity index (χ1n) is 3.63. The zero-order valence-electron chi connectivity index (χ0n) is 6.40. The first-order chi connectivity index (χ1) is 4.55. The SMILES string of the molecule is CC[C@@H]1CC(F)(F)CN1C. The van der Waals surface area contributed by atoms with Gasteiger partial charge in [0.2, 0.25) is 0 Å². The first kappa shape index (κ1) is 7.92. The number of nitrogens with zero attached hydrogens (tertiary/aromatic N) is 1. The fraction of sp³-hybridized carbons (Fsp3) is 1.00. The summed E-state index contributed by atoms with van der Waals surface area (Å²) in [6.07, 6.45) is 0.867. The Kier molecular flexibility index (Phi) is 1.95. The second-order valence-electron chi connectivity index (χ2n) is 3.04. The lowest BCUT2D eigenvalue weighted by Crippen LogP contribution is -2.25. The van der Waals surface area contributed by atoms with Gasteiger partial charge in [0.25, 0.3) is 5.92 Å². The van der Waals surface area contributed by atoms with E-state index in [2.05, 4.69) is 0 Å². The van der Waals surface area contributed by atoms with E-state index in [4.69, 9.17) is 0 Å². The number of hydrogen-bond acceptors (Lipinski definition) is 1. The number of rotatable bonds is 1. The second kappa shape index (κ2) is 2.46. The van der Waals surface area contributed by atoms with Gasteiger partial charge in [-0.2, -0.15) is 0 Å². The average molecular weight is 149 g/mol. The zero-order valence-corrected chi connectivity index (χ0v) is 6.40. The molecule has 0 aromatic heterocycles. The van der Waals surface area contributed by atoms with Crippen molar-refractivity contribution in [2.24, 2.45) is 0 Å². The van der Waals surface area contributed by atoms with Crippen LogP contribution < -0.4 is 0 Å². The molecule has 3 heteroatoms. The maximum Gasteiger partial charge on any atom is 0.262 e. The molecule has 0 N–H and O–H groups in total. The number of likely N-dealkylation sites (tertiary alicyclic amines) is 1. The summed E-state index contributed by atoms with van der Waals surface area (Å²) in [6.45, 7) is 1.88. The Morgan fingerprint density at radius 1 is 1.60 bits per heavy atom. The van der Waals surface area contributed by atoms with Crippen LogP contribution >= 0.6 is 0 Å². The Morgan fingerprint density at radius 3 is 2.40 bits per heavy atom. The van der Waals surface area contributed by atoms with E-state index >= 15 is 0 Å². The van der Waals surface area contributed by atoms with Crippen molar-refractivity contribution in [1.82, 2.24) is 4.90 Å². The van der Waals surface area contributed by atoms with E-state index in [9.17, 15) is 8.78 Å². The van der Waals surface area contributed by atoms with Crippen LogP contribution in [0, 0.1) is 0 Å². The van der Waals surface area contributed by atoms with Gasteiger partial charge in [0, 0.05) is 12.5 Å². The molecule has 0 aliphatic carbocycles. The molecule has 0 spiro atoms. The van der Waals surface area contributed by atoms with E-state index in [0.717, 1.165) is 6.42 Å². The molecule has 1 saturated heterocycles. The van der Waals surface area contributed by atoms with E-state index in [0.29, 0.717) is 0 Å². The van der Waals surface area contributed by atoms with Gasteiger partial charge in [0.15, 0.2) is 0 Å². The topological polar surface area (TPSA) is 3.24 Å². The lowest BCUT2D eigenvalue weighted by molar-refractivity contribution is 0.0140. The van der Waals surface area contributed by atoms with Gasteiger partial charge in [-0.3, -0.25) is 4.90 Å². The summed E-state index contributed by atoms with van der Waals surface area (Å²) in [7, 11) is 1.76. The zero-order chi connectivity index (χ0) is 7.78. The fourth-order valence-electron chi connectivity index (χ4n) is 1.52. The highest BCUT2D eigenvalue weighted by Gasteiger charge is 2.41. The predicted molar refractivity (Wildman–Crippen MR) is 36.3 cm³/mol. The summed E-state index contributed by atoms with van der Waals surface area (Å²) in [5.41, 5.74) is 0. The van der Waals surface area contributed by atoms with Crippen LogP contribution in [0.1, 0.15) is 19.8 Å². The van der Waals surface area contributed by atoms with Crippen molar-refractivity contribution < 1.29 is 8.78 Å². The highest BCUT2D eigenvalue weighted by atomic mass is 19.3. The normalized spacial score (nSPS) is 33.0. The first-order valence-corrected chi connectivity index (χ1v) is 3.63. The van der Waals surface area contributed by atoms with Crippen molar-refractivity contribution in [3.63, 3.8) is 0 Å². The van der Waals surface area contributed by atoms with Crippen molar-refractivity contribution in [1.29, 1.82) is 0 Å². The van der Waals surface area contributed by atoms with Crippen LogP contribution in [-0.2, 0) is 0 Å². The van der Waals surface area contributed by atoms with Crippen LogP contribution in [0.2, 0.25) is 0 Å². The van der Waals surface area contributed by atoms with Gasteiger partial charge >= 0.3 is 0 Å². The summed E-state index contributed by atoms with van der Waals surface area (Å²) in [6, 6.07) is 0.0926. The monoisotopic (exact) mass is 149 g/mol. The lowest BCUT2D eigenvalue weighted by Gasteiger charge is -2.14. The predicted octanol–water partition coefficient (Wildman–Crippen LogP) is 1.74. The molecule has 1 aliphatic heterocycles. The van der Waals surface area contributed by atoms with Crippen molar-refractivity contribution in [2.75, 3.05) is 13.6 Å². The molecule has 0 bridgehead atoms. The Morgan fingerprint density at radius 2 is 2.20 bits per heavy atom. The van der Waals surface area contributed by atoms with Gasteiger partial charge in [0.05, 0.1) is 6.54 Å². The third-order valence-electron chi connectivity index (χ3n) is 2.11. The van der Waals surface area contributed by atoms with Gasteiger partial charge in [-0.25, -0.2) is 8.78 Å². The third-order valence-corrected chi connectivity index (χ3v) is 2.11. The summed E-state index contributed by atoms with van der Waals surface area (Å²) >= 11 is 0. The van der Waals surface area contributed by atoms with Crippen LogP contribution in [0.15, 0.2) is 0 Å². The van der Waals surface area contributed by atoms with E-state index in [1.807, 2.05) is 6.92 Å². The third kappa shape index (κ3) is 1.45.